The van der Waals surface area contributed by atoms with Gasteiger partial charge in [-0.2, -0.15) is 13.2 Å². The van der Waals surface area contributed by atoms with Crippen molar-refractivity contribution < 1.29 is 18.0 Å². The van der Waals surface area contributed by atoms with E-state index in [-0.39, 0.29) is 23.8 Å². The maximum Gasteiger partial charge on any atom is 0.401 e. The van der Waals surface area contributed by atoms with Gasteiger partial charge in [0.2, 0.25) is 5.91 Å². The van der Waals surface area contributed by atoms with E-state index < -0.39 is 12.7 Å². The van der Waals surface area contributed by atoms with Crippen LogP contribution in [0.15, 0.2) is 0 Å². The van der Waals surface area contributed by atoms with Gasteiger partial charge in [-0.3, -0.25) is 4.79 Å². The molecular weight excluding hydrogens is 269 g/mol. The van der Waals surface area contributed by atoms with Crippen molar-refractivity contribution in [2.24, 2.45) is 11.8 Å². The molecule has 1 saturated heterocycles. The molecule has 20 heavy (non-hydrogen) atoms. The number of nitrogens with zero attached hydrogens (tertiary/aromatic N) is 1. The Morgan fingerprint density at radius 1 is 1.35 bits per heavy atom. The molecule has 0 radical (unpaired) electrons. The van der Waals surface area contributed by atoms with Crippen molar-refractivity contribution in [3.8, 4) is 0 Å². The molecule has 1 aliphatic heterocycles. The number of amides is 1. The van der Waals surface area contributed by atoms with Crippen LogP contribution < -0.4 is 5.32 Å². The average molecular weight is 294 g/mol. The fraction of sp³-hybridized carbons (Fsp3) is 0.929. The maximum atomic E-state index is 12.3. The van der Waals surface area contributed by atoms with Crippen molar-refractivity contribution >= 4 is 5.91 Å². The molecule has 0 aromatic carbocycles. The first-order valence-corrected chi connectivity index (χ1v) is 7.29. The van der Waals surface area contributed by atoms with Crippen LogP contribution in [-0.4, -0.2) is 42.7 Å². The number of hydrogen-bond acceptors (Lipinski definition) is 2. The predicted molar refractivity (Wildman–Crippen MR) is 72.3 cm³/mol. The molecule has 6 heteroatoms. The van der Waals surface area contributed by atoms with Crippen LogP contribution in [0, 0.1) is 11.8 Å². The van der Waals surface area contributed by atoms with Gasteiger partial charge < -0.3 is 10.2 Å². The summed E-state index contributed by atoms with van der Waals surface area (Å²) in [7, 11) is 0. The first-order chi connectivity index (χ1) is 9.21. The molecule has 0 aromatic heterocycles. The third-order valence-electron chi connectivity index (χ3n) is 3.64. The van der Waals surface area contributed by atoms with Crippen LogP contribution in [0.5, 0.6) is 0 Å². The number of carbonyl (C=O) groups is 1. The van der Waals surface area contributed by atoms with E-state index in [0.717, 1.165) is 6.42 Å². The van der Waals surface area contributed by atoms with E-state index in [1.165, 1.54) is 0 Å². The first-order valence-electron chi connectivity index (χ1n) is 7.29. The Morgan fingerprint density at radius 2 is 2.00 bits per heavy atom. The van der Waals surface area contributed by atoms with Gasteiger partial charge in [0.1, 0.15) is 0 Å². The molecule has 1 rings (SSSR count). The Kier molecular flexibility index (Phi) is 6.30. The summed E-state index contributed by atoms with van der Waals surface area (Å²) in [5.74, 6) is 0.605. The molecule has 1 aliphatic rings. The van der Waals surface area contributed by atoms with E-state index >= 15 is 0 Å². The number of alkyl halides is 3. The minimum Gasteiger partial charge on any atom is -0.341 e. The number of nitrogens with one attached hydrogen (secondary N) is 1. The smallest absolute Gasteiger partial charge is 0.341 e. The third kappa shape index (κ3) is 6.11. The zero-order chi connectivity index (χ0) is 15.3. The van der Waals surface area contributed by atoms with E-state index in [1.807, 2.05) is 20.8 Å². The van der Waals surface area contributed by atoms with E-state index in [9.17, 15) is 18.0 Å². The normalized spacial score (nSPS) is 24.2. The lowest BCUT2D eigenvalue weighted by Gasteiger charge is -2.38. The Labute approximate surface area is 118 Å². The molecule has 0 spiro atoms. The van der Waals surface area contributed by atoms with Crippen molar-refractivity contribution in [2.75, 3.05) is 19.6 Å². The van der Waals surface area contributed by atoms with Crippen LogP contribution in [0.1, 0.15) is 40.0 Å². The number of rotatable bonds is 5. The van der Waals surface area contributed by atoms with E-state index in [4.69, 9.17) is 0 Å². The quantitative estimate of drug-likeness (QED) is 0.845. The Morgan fingerprint density at radius 3 is 2.50 bits per heavy atom. The molecule has 1 fully saturated rings. The van der Waals surface area contributed by atoms with Crippen molar-refractivity contribution in [2.45, 2.75) is 52.3 Å². The van der Waals surface area contributed by atoms with Crippen LogP contribution in [-0.2, 0) is 4.79 Å². The summed E-state index contributed by atoms with van der Waals surface area (Å²) in [5, 5.41) is 2.55. The highest BCUT2D eigenvalue weighted by atomic mass is 19.4. The van der Waals surface area contributed by atoms with E-state index in [2.05, 4.69) is 5.32 Å². The maximum absolute atomic E-state index is 12.3. The van der Waals surface area contributed by atoms with Crippen molar-refractivity contribution in [1.29, 1.82) is 0 Å². The van der Waals surface area contributed by atoms with Gasteiger partial charge in [0.25, 0.3) is 0 Å². The molecule has 0 saturated carbocycles. The topological polar surface area (TPSA) is 32.3 Å². The molecule has 2 atom stereocenters. The second-order valence-corrected chi connectivity index (χ2v) is 6.10. The molecule has 118 valence electrons. The summed E-state index contributed by atoms with van der Waals surface area (Å²) in [6, 6.07) is -0.258. The first kappa shape index (κ1) is 17.3. The monoisotopic (exact) mass is 294 g/mol. The minimum absolute atomic E-state index is 0.0527. The molecule has 3 nitrogen and oxygen atoms in total. The Balaban J connectivity index is 2.57. The summed E-state index contributed by atoms with van der Waals surface area (Å²) in [6.45, 7) is 6.03. The summed E-state index contributed by atoms with van der Waals surface area (Å²) >= 11 is 0. The van der Waals surface area contributed by atoms with Crippen LogP contribution in [0.2, 0.25) is 0 Å². The number of piperidine rings is 1. The lowest BCUT2D eigenvalue weighted by atomic mass is 9.91. The molecule has 0 bridgehead atoms. The zero-order valence-electron chi connectivity index (χ0n) is 12.5. The van der Waals surface area contributed by atoms with Crippen LogP contribution in [0.3, 0.4) is 0 Å². The van der Waals surface area contributed by atoms with Gasteiger partial charge in [0.05, 0.1) is 6.54 Å². The summed E-state index contributed by atoms with van der Waals surface area (Å²) in [6.07, 6.45) is -2.15. The highest BCUT2D eigenvalue weighted by molar-refractivity contribution is 5.76. The highest BCUT2D eigenvalue weighted by Gasteiger charge is 2.33. The lowest BCUT2D eigenvalue weighted by Crippen LogP contribution is -2.52. The molecule has 0 aliphatic carbocycles. The molecular formula is C14H25F3N2O. The predicted octanol–water partition coefficient (Wildman–Crippen LogP) is 2.81. The van der Waals surface area contributed by atoms with Crippen molar-refractivity contribution in [1.82, 2.24) is 10.2 Å². The summed E-state index contributed by atoms with van der Waals surface area (Å²) < 4.78 is 36.8. The molecule has 0 aromatic rings. The molecule has 1 N–H and O–H groups in total. The molecule has 1 amide bonds. The standard InChI is InChI=1S/C14H25F3N2O/c1-4-11-6-12(18-9-14(15,16)17)8-19(7-11)13(20)5-10(2)3/h10-12,18H,4-9H2,1-3H3. The molecule has 2 unspecified atom stereocenters. The second-order valence-electron chi connectivity index (χ2n) is 6.10. The van der Waals surface area contributed by atoms with Gasteiger partial charge in [0, 0.05) is 25.6 Å². The number of carbonyl (C=O) groups excluding carboxylic acids is 1. The fourth-order valence-corrected chi connectivity index (χ4v) is 2.59. The molecule has 1 heterocycles. The number of likely N-dealkylation sites (tertiary alicyclic amines) is 1. The van der Waals surface area contributed by atoms with Gasteiger partial charge in [-0.25, -0.2) is 0 Å². The lowest BCUT2D eigenvalue weighted by molar-refractivity contribution is -0.136. The van der Waals surface area contributed by atoms with E-state index in [0.29, 0.717) is 25.9 Å². The van der Waals surface area contributed by atoms with Gasteiger partial charge in [0.15, 0.2) is 0 Å². The van der Waals surface area contributed by atoms with E-state index in [1.54, 1.807) is 4.90 Å². The van der Waals surface area contributed by atoms with Gasteiger partial charge in [-0.15, -0.1) is 0 Å². The number of halogens is 3. The summed E-state index contributed by atoms with van der Waals surface area (Å²) in [4.78, 5) is 13.8. The number of hydrogen-bond donors (Lipinski definition) is 1. The van der Waals surface area contributed by atoms with Crippen LogP contribution in [0.4, 0.5) is 13.2 Å². The fourth-order valence-electron chi connectivity index (χ4n) is 2.59. The van der Waals surface area contributed by atoms with Crippen molar-refractivity contribution in [3.05, 3.63) is 0 Å². The zero-order valence-corrected chi connectivity index (χ0v) is 12.5. The van der Waals surface area contributed by atoms with Gasteiger partial charge in [-0.05, 0) is 18.3 Å². The van der Waals surface area contributed by atoms with Crippen LogP contribution in [0.25, 0.3) is 0 Å². The van der Waals surface area contributed by atoms with Gasteiger partial charge >= 0.3 is 6.18 Å². The minimum atomic E-state index is -4.20. The Bertz CT molecular complexity index is 318. The summed E-state index contributed by atoms with van der Waals surface area (Å²) in [5.41, 5.74) is 0. The van der Waals surface area contributed by atoms with Gasteiger partial charge in [-0.1, -0.05) is 27.2 Å². The Hall–Kier alpha value is -0.780. The largest absolute Gasteiger partial charge is 0.401 e. The van der Waals surface area contributed by atoms with Crippen LogP contribution >= 0.6 is 0 Å². The average Bonchev–Trinajstić information content (AvgIpc) is 2.34. The SMILES string of the molecule is CCC1CC(NCC(F)(F)F)CN(C(=O)CC(C)C)C1. The van der Waals surface area contributed by atoms with Crippen molar-refractivity contribution in [3.63, 3.8) is 0 Å². The second kappa shape index (κ2) is 7.29. The third-order valence-corrected chi connectivity index (χ3v) is 3.64. The highest BCUT2D eigenvalue weighted by Crippen LogP contribution is 2.22.